The van der Waals surface area contributed by atoms with E-state index in [0.717, 1.165) is 64.2 Å². The van der Waals surface area contributed by atoms with Crippen LogP contribution in [0.25, 0.3) is 32.5 Å². The Morgan fingerprint density at radius 2 is 1.57 bits per heavy atom. The first-order valence-electron chi connectivity index (χ1n) is 13.9. The van der Waals surface area contributed by atoms with Crippen LogP contribution in [0.4, 0.5) is 14.4 Å². The van der Waals surface area contributed by atoms with E-state index in [1.807, 2.05) is 45.3 Å². The molecule has 46 heavy (non-hydrogen) atoms. The predicted molar refractivity (Wildman–Crippen MR) is 173 cm³/mol. The highest BCUT2D eigenvalue weighted by atomic mass is 32.1. The quantitative estimate of drug-likeness (QED) is 0.142. The highest BCUT2D eigenvalue weighted by molar-refractivity contribution is 7.15. The van der Waals surface area contributed by atoms with Crippen molar-refractivity contribution in [1.29, 1.82) is 0 Å². The van der Waals surface area contributed by atoms with Gasteiger partial charge >= 0.3 is 18.4 Å². The van der Waals surface area contributed by atoms with E-state index in [4.69, 9.17) is 44.5 Å². The molecule has 0 radical (unpaired) electrons. The number of carboxylic acid groups (broad SMARTS) is 4. The summed E-state index contributed by atoms with van der Waals surface area (Å²) in [5, 5.41) is 31.0. The van der Waals surface area contributed by atoms with Crippen LogP contribution < -0.4 is 6.15 Å². The minimum Gasteiger partial charge on any atom is -0.450 e. The molecule has 4 heterocycles. The molecule has 0 unspecified atom stereocenters. The van der Waals surface area contributed by atoms with Crippen LogP contribution in [0.15, 0.2) is 55.1 Å². The maximum atomic E-state index is 12.7. The van der Waals surface area contributed by atoms with E-state index in [1.54, 1.807) is 35.7 Å². The van der Waals surface area contributed by atoms with E-state index in [-0.39, 0.29) is 12.2 Å². The molecule has 0 bridgehead atoms. The maximum absolute atomic E-state index is 12.7. The molecule has 0 atom stereocenters. The van der Waals surface area contributed by atoms with Gasteiger partial charge in [0.15, 0.2) is 0 Å². The number of hydrogen-bond donors (Lipinski definition) is 5. The topological polar surface area (TPSA) is 227 Å². The van der Waals surface area contributed by atoms with Gasteiger partial charge in [0.2, 0.25) is 0 Å². The van der Waals surface area contributed by atoms with Crippen molar-refractivity contribution in [3.8, 4) is 21.7 Å². The Hall–Kier alpha value is -4.86. The number of amides is 1. The average molecular weight is 658 g/mol. The van der Waals surface area contributed by atoms with E-state index in [2.05, 4.69) is 28.2 Å². The van der Waals surface area contributed by atoms with Gasteiger partial charge in [0.05, 0.1) is 12.2 Å². The van der Waals surface area contributed by atoms with Crippen LogP contribution in [-0.2, 0) is 16.0 Å². The highest BCUT2D eigenvalue weighted by Crippen LogP contribution is 2.40. The van der Waals surface area contributed by atoms with Crippen molar-refractivity contribution in [2.45, 2.75) is 51.7 Å². The summed E-state index contributed by atoms with van der Waals surface area (Å²) in [5.41, 5.74) is 3.61. The Kier molecular flexibility index (Phi) is 13.8. The van der Waals surface area contributed by atoms with Crippen LogP contribution in [0.1, 0.15) is 50.1 Å². The normalized spacial score (nSPS) is 12.8. The summed E-state index contributed by atoms with van der Waals surface area (Å²) < 4.78 is 11.2. The van der Waals surface area contributed by atoms with Crippen molar-refractivity contribution in [3.05, 3.63) is 65.7 Å². The van der Waals surface area contributed by atoms with Crippen molar-refractivity contribution in [2.24, 2.45) is 0 Å². The Morgan fingerprint density at radius 1 is 0.957 bits per heavy atom. The Labute approximate surface area is 269 Å². The lowest BCUT2D eigenvalue weighted by atomic mass is 9.97. The second-order valence-corrected chi connectivity index (χ2v) is 12.0. The largest absolute Gasteiger partial charge is 0.503 e. The third kappa shape index (κ3) is 11.3. The number of nitrogens with zero attached hydrogens (tertiary/aromatic N) is 4. The second-order valence-electron chi connectivity index (χ2n) is 11.0. The lowest BCUT2D eigenvalue weighted by molar-refractivity contribution is 0.0281. The molecule has 0 saturated carbocycles. The molecule has 5 rings (SSSR count). The van der Waals surface area contributed by atoms with Gasteiger partial charge in [0, 0.05) is 60.9 Å². The molecule has 0 aliphatic carbocycles. The zero-order valence-corrected chi connectivity index (χ0v) is 26.9. The number of fused-ring (bicyclic) bond motifs is 1. The third-order valence-electron chi connectivity index (χ3n) is 6.41. The number of hydrogen-bond acceptors (Lipinski definition) is 10. The lowest BCUT2D eigenvalue weighted by Gasteiger charge is -2.25. The molecule has 1 aliphatic rings. The van der Waals surface area contributed by atoms with Gasteiger partial charge in [-0.3, -0.25) is 9.97 Å². The van der Waals surface area contributed by atoms with Gasteiger partial charge < -0.3 is 41.0 Å². The number of aromatic nitrogens is 3. The van der Waals surface area contributed by atoms with Crippen molar-refractivity contribution >= 4 is 40.5 Å². The summed E-state index contributed by atoms with van der Waals surface area (Å²) in [7, 11) is 1.76. The fourth-order valence-corrected chi connectivity index (χ4v) is 5.84. The Morgan fingerprint density at radius 3 is 2.15 bits per heavy atom. The fraction of sp³-hybridized carbons (Fsp3) is 0.355. The fourth-order valence-electron chi connectivity index (χ4n) is 4.57. The number of ether oxygens (including phenoxy) is 2. The molecule has 0 spiro atoms. The third-order valence-corrected chi connectivity index (χ3v) is 7.71. The SMILES string of the molecule is CN(Cc1nc(-c2cncc3cc(-c4ccncc4)ccc23)sc1C1CCOCC1)C(=O)OC(C)(C)C.N.O=C(O)O.O=C(O)O. The molecular formula is C31H39N5O9S. The summed E-state index contributed by atoms with van der Waals surface area (Å²) >= 11 is 1.71. The number of benzene rings is 1. The molecule has 14 nitrogen and oxygen atoms in total. The molecule has 248 valence electrons. The summed E-state index contributed by atoms with van der Waals surface area (Å²) in [6, 6.07) is 10.4. The zero-order valence-electron chi connectivity index (χ0n) is 26.0. The van der Waals surface area contributed by atoms with E-state index in [1.165, 1.54) is 4.88 Å². The smallest absolute Gasteiger partial charge is 0.450 e. The van der Waals surface area contributed by atoms with Crippen molar-refractivity contribution in [1.82, 2.24) is 26.0 Å². The molecule has 15 heteroatoms. The molecule has 7 N–H and O–H groups in total. The van der Waals surface area contributed by atoms with Crippen LogP contribution in [0, 0.1) is 0 Å². The monoisotopic (exact) mass is 657 g/mol. The molecule has 1 fully saturated rings. The summed E-state index contributed by atoms with van der Waals surface area (Å²) in [6.45, 7) is 7.50. The van der Waals surface area contributed by atoms with Gasteiger partial charge in [-0.1, -0.05) is 12.1 Å². The van der Waals surface area contributed by atoms with Crippen LogP contribution in [-0.4, -0.2) is 84.5 Å². The molecule has 3 aromatic heterocycles. The van der Waals surface area contributed by atoms with Gasteiger partial charge in [-0.25, -0.2) is 19.4 Å². The van der Waals surface area contributed by atoms with Crippen molar-refractivity contribution in [2.75, 3.05) is 20.3 Å². The lowest BCUT2D eigenvalue weighted by Crippen LogP contribution is -2.34. The minimum absolute atomic E-state index is 0. The molecule has 4 aromatic rings. The van der Waals surface area contributed by atoms with E-state index in [0.29, 0.717) is 12.5 Å². The van der Waals surface area contributed by atoms with Crippen LogP contribution in [0.2, 0.25) is 0 Å². The van der Waals surface area contributed by atoms with Gasteiger partial charge in [-0.15, -0.1) is 11.3 Å². The number of rotatable bonds is 5. The first-order chi connectivity index (χ1) is 21.2. The highest BCUT2D eigenvalue weighted by Gasteiger charge is 2.27. The molecular weight excluding hydrogens is 618 g/mol. The minimum atomic E-state index is -1.83. The van der Waals surface area contributed by atoms with Crippen LogP contribution in [0.5, 0.6) is 0 Å². The summed E-state index contributed by atoms with van der Waals surface area (Å²) in [6.07, 6.45) is 5.28. The number of pyridine rings is 2. The standard InChI is InChI=1S/C29H32N4O3S.2CH2O3.H3N/c1-29(2,3)36-28(34)33(4)18-25-26(20-9-13-35-14-10-20)37-27(32-25)24-17-31-16-22-15-21(5-6-23(22)24)19-7-11-30-12-8-19;2*2-1(3)4;/h5-8,11-12,15-17,20H,9-10,13-14,18H2,1-4H3;2*(H2,2,3,4);1H3. The predicted octanol–water partition coefficient (Wildman–Crippen LogP) is 7.29. The number of carbonyl (C=O) groups excluding carboxylic acids is 1. The van der Waals surface area contributed by atoms with E-state index in [9.17, 15) is 4.79 Å². The zero-order chi connectivity index (χ0) is 33.1. The van der Waals surface area contributed by atoms with Gasteiger partial charge in [0.1, 0.15) is 10.6 Å². The first kappa shape index (κ1) is 37.3. The van der Waals surface area contributed by atoms with Crippen molar-refractivity contribution in [3.63, 3.8) is 0 Å². The van der Waals surface area contributed by atoms with Crippen LogP contribution in [0.3, 0.4) is 0 Å². The molecule has 1 saturated heterocycles. The number of thiazole rings is 1. The van der Waals surface area contributed by atoms with Crippen LogP contribution >= 0.6 is 11.3 Å². The summed E-state index contributed by atoms with van der Waals surface area (Å²) in [4.78, 5) is 46.4. The van der Waals surface area contributed by atoms with Gasteiger partial charge in [0.25, 0.3) is 0 Å². The number of carbonyl (C=O) groups is 3. The Bertz CT molecular complexity index is 1580. The average Bonchev–Trinajstić information content (AvgIpc) is 3.39. The molecule has 1 aliphatic heterocycles. The summed E-state index contributed by atoms with van der Waals surface area (Å²) in [5.74, 6) is 0.364. The molecule has 1 amide bonds. The maximum Gasteiger partial charge on any atom is 0.503 e. The van der Waals surface area contributed by atoms with E-state index < -0.39 is 17.9 Å². The first-order valence-corrected chi connectivity index (χ1v) is 14.7. The van der Waals surface area contributed by atoms with Gasteiger partial charge in [-0.05, 0) is 74.2 Å². The van der Waals surface area contributed by atoms with E-state index >= 15 is 0 Å². The van der Waals surface area contributed by atoms with Crippen molar-refractivity contribution < 1.29 is 44.3 Å². The second kappa shape index (κ2) is 17.0. The molecule has 1 aromatic carbocycles. The van der Waals surface area contributed by atoms with Gasteiger partial charge in [-0.2, -0.15) is 0 Å². The Balaban J connectivity index is 0.000000736.